The number of nitrogens with two attached hydrogens (primary N) is 1. The zero-order chi connectivity index (χ0) is 19.4. The van der Waals surface area contributed by atoms with Gasteiger partial charge in [-0.05, 0) is 31.5 Å². The van der Waals surface area contributed by atoms with Crippen LogP contribution in [0.5, 0.6) is 0 Å². The maximum absolute atomic E-state index is 12.7. The first-order chi connectivity index (χ1) is 12.9. The molecule has 2 saturated heterocycles. The second-order valence-corrected chi connectivity index (χ2v) is 9.01. The van der Waals surface area contributed by atoms with E-state index in [1.54, 1.807) is 35.2 Å². The molecule has 27 heavy (non-hydrogen) atoms. The van der Waals surface area contributed by atoms with Crippen LogP contribution in [0.4, 0.5) is 0 Å². The molecule has 1 atom stereocenters. The van der Waals surface area contributed by atoms with Crippen molar-refractivity contribution in [3.05, 3.63) is 30.3 Å². The van der Waals surface area contributed by atoms with Crippen molar-refractivity contribution in [2.45, 2.75) is 17.7 Å². The molecule has 2 aliphatic heterocycles. The first-order valence-electron chi connectivity index (χ1n) is 9.22. The summed E-state index contributed by atoms with van der Waals surface area (Å²) < 4.78 is 26.7. The average molecular weight is 394 g/mol. The first-order valence-corrected chi connectivity index (χ1v) is 10.7. The lowest BCUT2D eigenvalue weighted by molar-refractivity contribution is -0.135. The topological polar surface area (TPSA) is 104 Å². The third-order valence-corrected chi connectivity index (χ3v) is 7.15. The fourth-order valence-electron chi connectivity index (χ4n) is 3.64. The summed E-state index contributed by atoms with van der Waals surface area (Å²) in [6.07, 6.45) is 1.63. The number of likely N-dealkylation sites (tertiary alicyclic amines) is 1. The second-order valence-electron chi connectivity index (χ2n) is 7.07. The molecular formula is C18H26N4O4S. The van der Waals surface area contributed by atoms with Crippen LogP contribution in [0, 0.1) is 5.92 Å². The highest BCUT2D eigenvalue weighted by Gasteiger charge is 2.31. The molecule has 2 amide bonds. The van der Waals surface area contributed by atoms with Crippen molar-refractivity contribution >= 4 is 21.8 Å². The molecule has 0 radical (unpaired) electrons. The maximum Gasteiger partial charge on any atom is 0.243 e. The number of hydrogen-bond donors (Lipinski definition) is 1. The monoisotopic (exact) mass is 394 g/mol. The van der Waals surface area contributed by atoms with Gasteiger partial charge in [-0.1, -0.05) is 18.2 Å². The lowest BCUT2D eigenvalue weighted by Gasteiger charge is -2.36. The van der Waals surface area contributed by atoms with Crippen molar-refractivity contribution in [2.75, 3.05) is 45.8 Å². The van der Waals surface area contributed by atoms with Gasteiger partial charge in [0, 0.05) is 32.7 Å². The third kappa shape index (κ3) is 4.66. The minimum Gasteiger partial charge on any atom is -0.369 e. The van der Waals surface area contributed by atoms with Crippen LogP contribution in [0.15, 0.2) is 35.2 Å². The number of amides is 2. The molecule has 3 rings (SSSR count). The average Bonchev–Trinajstić information content (AvgIpc) is 2.69. The predicted octanol–water partition coefficient (Wildman–Crippen LogP) is -0.283. The van der Waals surface area contributed by atoms with Crippen LogP contribution in [-0.4, -0.2) is 80.2 Å². The Morgan fingerprint density at radius 3 is 2.33 bits per heavy atom. The van der Waals surface area contributed by atoms with Crippen LogP contribution in [0.3, 0.4) is 0 Å². The van der Waals surface area contributed by atoms with Gasteiger partial charge in [-0.15, -0.1) is 0 Å². The molecule has 8 nitrogen and oxygen atoms in total. The number of sulfonamides is 1. The van der Waals surface area contributed by atoms with Crippen molar-refractivity contribution in [1.82, 2.24) is 14.1 Å². The van der Waals surface area contributed by atoms with E-state index < -0.39 is 10.0 Å². The van der Waals surface area contributed by atoms with Gasteiger partial charge in [-0.25, -0.2) is 8.42 Å². The van der Waals surface area contributed by atoms with Gasteiger partial charge in [0.05, 0.1) is 17.4 Å². The molecule has 2 aliphatic rings. The number of primary amides is 1. The van der Waals surface area contributed by atoms with Crippen LogP contribution in [0.2, 0.25) is 0 Å². The molecule has 0 aromatic heterocycles. The zero-order valence-electron chi connectivity index (χ0n) is 15.3. The smallest absolute Gasteiger partial charge is 0.243 e. The number of carbonyl (C=O) groups is 2. The van der Waals surface area contributed by atoms with E-state index in [4.69, 9.17) is 5.73 Å². The van der Waals surface area contributed by atoms with E-state index in [0.29, 0.717) is 19.6 Å². The first kappa shape index (κ1) is 19.8. The van der Waals surface area contributed by atoms with E-state index in [0.717, 1.165) is 19.4 Å². The fourth-order valence-corrected chi connectivity index (χ4v) is 5.09. The van der Waals surface area contributed by atoms with Crippen molar-refractivity contribution < 1.29 is 18.0 Å². The van der Waals surface area contributed by atoms with E-state index in [-0.39, 0.29) is 42.3 Å². The lowest BCUT2D eigenvalue weighted by atomic mass is 9.97. The number of benzene rings is 1. The molecule has 0 aliphatic carbocycles. The van der Waals surface area contributed by atoms with Gasteiger partial charge < -0.3 is 10.6 Å². The molecule has 1 aromatic rings. The summed E-state index contributed by atoms with van der Waals surface area (Å²) in [6.45, 7) is 2.85. The largest absolute Gasteiger partial charge is 0.369 e. The molecule has 0 bridgehead atoms. The number of hydrogen-bond acceptors (Lipinski definition) is 5. The molecule has 148 valence electrons. The summed E-state index contributed by atoms with van der Waals surface area (Å²) in [5, 5.41) is 0. The Hall–Kier alpha value is -1.97. The Kier molecular flexibility index (Phi) is 6.13. The summed E-state index contributed by atoms with van der Waals surface area (Å²) in [5.41, 5.74) is 5.38. The Labute approximate surface area is 160 Å². The van der Waals surface area contributed by atoms with E-state index in [1.165, 1.54) is 4.31 Å². The lowest BCUT2D eigenvalue weighted by Crippen LogP contribution is -2.53. The molecular weight excluding hydrogens is 368 g/mol. The Morgan fingerprint density at radius 2 is 1.70 bits per heavy atom. The second kappa shape index (κ2) is 8.37. The van der Waals surface area contributed by atoms with Crippen molar-refractivity contribution in [1.29, 1.82) is 0 Å². The number of piperazine rings is 1. The van der Waals surface area contributed by atoms with Crippen LogP contribution < -0.4 is 5.73 Å². The SMILES string of the molecule is NC(=O)[C@@H]1CCCN(CC(=O)N2CCN(S(=O)(=O)c3ccccc3)CC2)C1. The van der Waals surface area contributed by atoms with Crippen molar-refractivity contribution in [2.24, 2.45) is 11.7 Å². The van der Waals surface area contributed by atoms with Gasteiger partial charge >= 0.3 is 0 Å². The zero-order valence-corrected chi connectivity index (χ0v) is 16.1. The van der Waals surface area contributed by atoms with Crippen molar-refractivity contribution in [3.8, 4) is 0 Å². The number of carbonyl (C=O) groups excluding carboxylic acids is 2. The summed E-state index contributed by atoms with van der Waals surface area (Å²) >= 11 is 0. The van der Waals surface area contributed by atoms with E-state index in [2.05, 4.69) is 0 Å². The Balaban J connectivity index is 1.53. The van der Waals surface area contributed by atoms with E-state index >= 15 is 0 Å². The van der Waals surface area contributed by atoms with Crippen LogP contribution in [0.1, 0.15) is 12.8 Å². The van der Waals surface area contributed by atoms with Gasteiger partial charge in [0.15, 0.2) is 0 Å². The van der Waals surface area contributed by atoms with Crippen LogP contribution in [-0.2, 0) is 19.6 Å². The normalized spacial score (nSPS) is 22.5. The van der Waals surface area contributed by atoms with Gasteiger partial charge in [-0.2, -0.15) is 4.31 Å². The van der Waals surface area contributed by atoms with Crippen molar-refractivity contribution in [3.63, 3.8) is 0 Å². The third-order valence-electron chi connectivity index (χ3n) is 5.24. The summed E-state index contributed by atoms with van der Waals surface area (Å²) in [5.74, 6) is -0.539. The number of rotatable bonds is 5. The van der Waals surface area contributed by atoms with Gasteiger partial charge in [-0.3, -0.25) is 14.5 Å². The standard InChI is InChI=1S/C18H26N4O4S/c19-18(24)15-5-4-8-20(13-15)14-17(23)21-9-11-22(12-10-21)27(25,26)16-6-2-1-3-7-16/h1-3,6-7,15H,4-5,8-14H2,(H2,19,24)/t15-/m1/s1. The maximum atomic E-state index is 12.7. The molecule has 2 heterocycles. The molecule has 2 fully saturated rings. The van der Waals surface area contributed by atoms with Crippen LogP contribution >= 0.6 is 0 Å². The Bertz CT molecular complexity index is 776. The molecule has 0 saturated carbocycles. The summed E-state index contributed by atoms with van der Waals surface area (Å²) in [7, 11) is -3.52. The molecule has 0 spiro atoms. The highest BCUT2D eigenvalue weighted by molar-refractivity contribution is 7.89. The number of piperidine rings is 1. The summed E-state index contributed by atoms with van der Waals surface area (Å²) in [4.78, 5) is 27.9. The molecule has 1 aromatic carbocycles. The highest BCUT2D eigenvalue weighted by Crippen LogP contribution is 2.18. The minimum atomic E-state index is -3.52. The van der Waals surface area contributed by atoms with Crippen LogP contribution in [0.25, 0.3) is 0 Å². The molecule has 2 N–H and O–H groups in total. The predicted molar refractivity (Wildman–Crippen MR) is 100 cm³/mol. The molecule has 9 heteroatoms. The quantitative estimate of drug-likeness (QED) is 0.740. The van der Waals surface area contributed by atoms with Gasteiger partial charge in [0.2, 0.25) is 21.8 Å². The number of nitrogens with zero attached hydrogens (tertiary/aromatic N) is 3. The van der Waals surface area contributed by atoms with Gasteiger partial charge in [0.25, 0.3) is 0 Å². The van der Waals surface area contributed by atoms with Gasteiger partial charge in [0.1, 0.15) is 0 Å². The fraction of sp³-hybridized carbons (Fsp3) is 0.556. The van der Waals surface area contributed by atoms with E-state index in [1.807, 2.05) is 4.90 Å². The minimum absolute atomic E-state index is 0.0307. The van der Waals surface area contributed by atoms with E-state index in [9.17, 15) is 18.0 Å². The molecule has 0 unspecified atom stereocenters. The highest BCUT2D eigenvalue weighted by atomic mass is 32.2. The Morgan fingerprint density at radius 1 is 1.04 bits per heavy atom. The summed E-state index contributed by atoms with van der Waals surface area (Å²) in [6, 6.07) is 8.34.